The van der Waals surface area contributed by atoms with Crippen molar-refractivity contribution in [1.82, 2.24) is 4.57 Å². The van der Waals surface area contributed by atoms with Crippen LogP contribution in [0.5, 0.6) is 0 Å². The Morgan fingerprint density at radius 1 is 0.471 bits per heavy atom. The van der Waals surface area contributed by atoms with Crippen LogP contribution in [0, 0.1) is 0 Å². The maximum absolute atomic E-state index is 6.34. The zero-order valence-corrected chi connectivity index (χ0v) is 28.9. The van der Waals surface area contributed by atoms with Gasteiger partial charge in [0.15, 0.2) is 0 Å². The number of aromatic nitrogens is 1. The number of hydrogen-bond acceptors (Lipinski definition) is 2. The van der Waals surface area contributed by atoms with Gasteiger partial charge in [0.1, 0.15) is 11.2 Å². The van der Waals surface area contributed by atoms with E-state index < -0.39 is 0 Å². The summed E-state index contributed by atoms with van der Waals surface area (Å²) in [5.41, 5.74) is 14.1. The smallest absolute Gasteiger partial charge is 0.137 e. The molecule has 51 heavy (non-hydrogen) atoms. The van der Waals surface area contributed by atoms with Crippen LogP contribution in [0.15, 0.2) is 144 Å². The van der Waals surface area contributed by atoms with Crippen LogP contribution in [-0.2, 0) is 5.41 Å². The zero-order valence-electron chi connectivity index (χ0n) is 28.1. The van der Waals surface area contributed by atoms with Gasteiger partial charge in [0.25, 0.3) is 0 Å². The van der Waals surface area contributed by atoms with Gasteiger partial charge in [-0.2, -0.15) is 0 Å². The van der Waals surface area contributed by atoms with E-state index in [0.717, 1.165) is 27.6 Å². The van der Waals surface area contributed by atoms with Crippen LogP contribution in [0.2, 0.25) is 0 Å². The second-order valence-corrected chi connectivity index (χ2v) is 15.8. The summed E-state index contributed by atoms with van der Waals surface area (Å²) >= 11 is 1.94. The summed E-state index contributed by atoms with van der Waals surface area (Å²) < 4.78 is 11.5. The minimum atomic E-state index is 0.176. The van der Waals surface area contributed by atoms with Crippen LogP contribution < -0.4 is 0 Å². The fourth-order valence-electron chi connectivity index (χ4n) is 9.88. The molecular weight excluding hydrogens is 639 g/mol. The monoisotopic (exact) mass is 671 g/mol. The Balaban J connectivity index is 1.02. The molecule has 0 radical (unpaired) electrons. The predicted molar refractivity (Wildman–Crippen MR) is 216 cm³/mol. The molecule has 2 aliphatic carbocycles. The van der Waals surface area contributed by atoms with Gasteiger partial charge in [0.2, 0.25) is 0 Å². The molecule has 0 unspecified atom stereocenters. The third-order valence-corrected chi connectivity index (χ3v) is 13.3. The number of hydrogen-bond donors (Lipinski definition) is 0. The quantitative estimate of drug-likeness (QED) is 0.179. The largest absolute Gasteiger partial charge is 0.456 e. The Bertz CT molecular complexity index is 3070. The average Bonchev–Trinajstić information content (AvgIpc) is 3.91. The van der Waals surface area contributed by atoms with Crippen molar-refractivity contribution in [2.75, 3.05) is 0 Å². The van der Waals surface area contributed by atoms with Crippen molar-refractivity contribution in [2.45, 2.75) is 37.5 Å². The lowest BCUT2D eigenvalue weighted by molar-refractivity contribution is 0.353. The van der Waals surface area contributed by atoms with Crippen molar-refractivity contribution in [3.05, 3.63) is 151 Å². The normalized spacial score (nSPS) is 15.2. The number of fused-ring (bicyclic) bond motifs is 14. The molecule has 2 nitrogen and oxygen atoms in total. The highest BCUT2D eigenvalue weighted by atomic mass is 32.1. The molecule has 0 amide bonds. The van der Waals surface area contributed by atoms with Gasteiger partial charge in [-0.15, -0.1) is 11.3 Å². The summed E-state index contributed by atoms with van der Waals surface area (Å²) in [4.78, 5) is 0. The molecule has 242 valence electrons. The first kappa shape index (κ1) is 28.1. The molecule has 0 atom stereocenters. The second kappa shape index (κ2) is 10.2. The van der Waals surface area contributed by atoms with Gasteiger partial charge >= 0.3 is 0 Å². The van der Waals surface area contributed by atoms with Gasteiger partial charge < -0.3 is 8.98 Å². The Morgan fingerprint density at radius 3 is 2.10 bits per heavy atom. The molecule has 3 heteroatoms. The number of thiophene rings is 1. The Kier molecular flexibility index (Phi) is 5.63. The van der Waals surface area contributed by atoms with Gasteiger partial charge in [0, 0.05) is 58.9 Å². The van der Waals surface area contributed by atoms with Crippen molar-refractivity contribution in [3.63, 3.8) is 0 Å². The van der Waals surface area contributed by atoms with Crippen molar-refractivity contribution < 1.29 is 4.42 Å². The average molecular weight is 672 g/mol. The minimum Gasteiger partial charge on any atom is -0.456 e. The first-order valence-corrected chi connectivity index (χ1v) is 19.1. The third kappa shape index (κ3) is 3.82. The van der Waals surface area contributed by atoms with Crippen LogP contribution in [0.1, 0.15) is 43.2 Å². The summed E-state index contributed by atoms with van der Waals surface area (Å²) in [6, 6.07) is 52.1. The van der Waals surface area contributed by atoms with Gasteiger partial charge in [-0.3, -0.25) is 0 Å². The molecule has 0 bridgehead atoms. The molecule has 12 rings (SSSR count). The number of furan rings is 1. The van der Waals surface area contributed by atoms with E-state index in [0.29, 0.717) is 0 Å². The van der Waals surface area contributed by atoms with Crippen LogP contribution >= 0.6 is 11.3 Å². The van der Waals surface area contributed by atoms with E-state index in [-0.39, 0.29) is 5.41 Å². The standard InChI is InChI=1S/C48H33NOS/c1-8-22-48(23-9-1)40-13-5-2-10-32(40)38-28-47-39(27-41(38)48)37-20-17-30(25-46(37)51-47)29-16-19-34-33-11-3-6-14-42(33)49(43(34)24-29)31-18-21-36-35-12-4-7-15-44(35)50-45(36)26-31/h2-7,10-21,24-28H,1,8-9,22-23H2. The van der Waals surface area contributed by atoms with Crippen molar-refractivity contribution in [3.8, 4) is 27.9 Å². The highest BCUT2D eigenvalue weighted by molar-refractivity contribution is 7.25. The number of benzene rings is 7. The zero-order chi connectivity index (χ0) is 33.3. The van der Waals surface area contributed by atoms with E-state index in [4.69, 9.17) is 4.42 Å². The Hall–Kier alpha value is -5.64. The van der Waals surface area contributed by atoms with E-state index in [9.17, 15) is 0 Å². The van der Waals surface area contributed by atoms with E-state index in [2.05, 4.69) is 132 Å². The fraction of sp³-hybridized carbons (Fsp3) is 0.125. The van der Waals surface area contributed by atoms with E-state index >= 15 is 0 Å². The Morgan fingerprint density at radius 2 is 1.18 bits per heavy atom. The summed E-state index contributed by atoms with van der Waals surface area (Å²) in [6.07, 6.45) is 6.52. The molecule has 0 aliphatic heterocycles. The SMILES string of the molecule is c1ccc2c(c1)-c1cc3sc4cc(-c5ccc6c7ccccc7n(-c7ccc8c(c7)oc7ccccc78)c6c5)ccc4c3cc1C21CCCCC1. The van der Waals surface area contributed by atoms with Crippen molar-refractivity contribution in [2.24, 2.45) is 0 Å². The molecule has 0 saturated heterocycles. The lowest BCUT2D eigenvalue weighted by Gasteiger charge is -2.36. The molecule has 3 aromatic heterocycles. The fourth-order valence-corrected chi connectivity index (χ4v) is 11.0. The summed E-state index contributed by atoms with van der Waals surface area (Å²) in [6.45, 7) is 0. The van der Waals surface area contributed by atoms with Crippen molar-refractivity contribution in [1.29, 1.82) is 0 Å². The summed E-state index contributed by atoms with van der Waals surface area (Å²) in [5.74, 6) is 0. The third-order valence-electron chi connectivity index (χ3n) is 12.2. The summed E-state index contributed by atoms with van der Waals surface area (Å²) in [7, 11) is 0. The van der Waals surface area contributed by atoms with Gasteiger partial charge in [0.05, 0.1) is 11.0 Å². The maximum atomic E-state index is 6.34. The first-order valence-electron chi connectivity index (χ1n) is 18.3. The molecule has 10 aromatic rings. The molecular formula is C48H33NOS. The molecule has 1 fully saturated rings. The first-order chi connectivity index (χ1) is 25.2. The topological polar surface area (TPSA) is 18.1 Å². The second-order valence-electron chi connectivity index (χ2n) is 14.8. The van der Waals surface area contributed by atoms with Gasteiger partial charge in [-0.05, 0) is 94.8 Å². The molecule has 1 spiro atoms. The minimum absolute atomic E-state index is 0.176. The van der Waals surface area contributed by atoms with Crippen LogP contribution in [0.3, 0.4) is 0 Å². The van der Waals surface area contributed by atoms with Crippen molar-refractivity contribution >= 4 is 75.3 Å². The highest BCUT2D eigenvalue weighted by Gasteiger charge is 2.43. The molecule has 2 aliphatic rings. The van der Waals surface area contributed by atoms with E-state index in [1.807, 2.05) is 23.5 Å². The summed E-state index contributed by atoms with van der Waals surface area (Å²) in [5, 5.41) is 7.61. The predicted octanol–water partition coefficient (Wildman–Crippen LogP) is 13.9. The number of nitrogens with zero attached hydrogens (tertiary/aromatic N) is 1. The maximum Gasteiger partial charge on any atom is 0.137 e. The van der Waals surface area contributed by atoms with Gasteiger partial charge in [-0.1, -0.05) is 104 Å². The molecule has 1 saturated carbocycles. The highest BCUT2D eigenvalue weighted by Crippen LogP contribution is 2.57. The molecule has 0 N–H and O–H groups in total. The van der Waals surface area contributed by atoms with Crippen LogP contribution in [-0.4, -0.2) is 4.57 Å². The van der Waals surface area contributed by atoms with Gasteiger partial charge in [-0.25, -0.2) is 0 Å². The van der Waals surface area contributed by atoms with Crippen LogP contribution in [0.4, 0.5) is 0 Å². The van der Waals surface area contributed by atoms with Crippen LogP contribution in [0.25, 0.3) is 91.9 Å². The lowest BCUT2D eigenvalue weighted by atomic mass is 9.68. The number of para-hydroxylation sites is 2. The lowest BCUT2D eigenvalue weighted by Crippen LogP contribution is -2.27. The van der Waals surface area contributed by atoms with E-state index in [1.165, 1.54) is 96.3 Å². The molecule has 3 heterocycles. The van der Waals surface area contributed by atoms with E-state index in [1.54, 1.807) is 11.1 Å². The Labute approximate surface area is 299 Å². The molecule has 7 aromatic carbocycles. The number of rotatable bonds is 2.